The van der Waals surface area contributed by atoms with Gasteiger partial charge in [-0.1, -0.05) is 81.1 Å². The maximum absolute atomic E-state index is 12.5. The van der Waals surface area contributed by atoms with Crippen molar-refractivity contribution in [2.75, 3.05) is 33.2 Å². The van der Waals surface area contributed by atoms with Gasteiger partial charge in [-0.15, -0.1) is 0 Å². The number of hydrogen-bond donors (Lipinski definition) is 0. The van der Waals surface area contributed by atoms with Gasteiger partial charge in [-0.3, -0.25) is 9.59 Å². The van der Waals surface area contributed by atoms with Crippen molar-refractivity contribution in [1.29, 1.82) is 0 Å². The third-order valence-electron chi connectivity index (χ3n) is 6.32. The highest BCUT2D eigenvalue weighted by molar-refractivity contribution is 5.94. The van der Waals surface area contributed by atoms with E-state index in [0.717, 1.165) is 55.7 Å². The fourth-order valence-corrected chi connectivity index (χ4v) is 3.95. The third kappa shape index (κ3) is 9.85. The first-order chi connectivity index (χ1) is 17.8. The Balaban J connectivity index is 0.000000298. The molecule has 1 atom stereocenters. The molecule has 5 heteroatoms. The number of ether oxygens (including phenoxy) is 1. The highest BCUT2D eigenvalue weighted by Crippen LogP contribution is 2.21. The van der Waals surface area contributed by atoms with Crippen LogP contribution in [0.25, 0.3) is 11.1 Å². The second-order valence-electron chi connectivity index (χ2n) is 9.19. The Morgan fingerprint density at radius 3 is 2.00 bits per heavy atom. The van der Waals surface area contributed by atoms with Crippen LogP contribution >= 0.6 is 0 Å². The second-order valence-corrected chi connectivity index (χ2v) is 9.19. The zero-order chi connectivity index (χ0) is 27.2. The summed E-state index contributed by atoms with van der Waals surface area (Å²) in [7, 11) is 2.10. The van der Waals surface area contributed by atoms with E-state index in [1.165, 1.54) is 18.1 Å². The summed E-state index contributed by atoms with van der Waals surface area (Å²) < 4.78 is 5.08. The summed E-state index contributed by atoms with van der Waals surface area (Å²) in [5, 5.41) is 0. The first-order valence-electron chi connectivity index (χ1n) is 13.1. The van der Waals surface area contributed by atoms with Crippen molar-refractivity contribution in [3.63, 3.8) is 0 Å². The molecule has 0 radical (unpaired) electrons. The number of allylic oxidation sites excluding steroid dienone is 3. The average Bonchev–Trinajstić information content (AvgIpc) is 2.92. The molecule has 198 valence electrons. The number of rotatable bonds is 8. The molecule has 0 aromatic heterocycles. The molecule has 3 rings (SSSR count). The van der Waals surface area contributed by atoms with Gasteiger partial charge in [0.15, 0.2) is 0 Å². The number of piperazine rings is 1. The van der Waals surface area contributed by atoms with E-state index in [2.05, 4.69) is 49.7 Å². The van der Waals surface area contributed by atoms with E-state index in [9.17, 15) is 9.59 Å². The Bertz CT molecular complexity index is 1060. The summed E-state index contributed by atoms with van der Waals surface area (Å²) in [5.41, 5.74) is 5.29. The molecule has 2 aromatic rings. The number of hydrogen-bond acceptors (Lipinski definition) is 4. The van der Waals surface area contributed by atoms with Crippen LogP contribution in [0.5, 0.6) is 0 Å². The molecular formula is C32H42N2O3. The van der Waals surface area contributed by atoms with Crippen molar-refractivity contribution >= 4 is 11.9 Å². The monoisotopic (exact) mass is 502 g/mol. The Morgan fingerprint density at radius 1 is 0.946 bits per heavy atom. The van der Waals surface area contributed by atoms with Crippen LogP contribution in [-0.4, -0.2) is 61.0 Å². The van der Waals surface area contributed by atoms with Crippen LogP contribution in [0.2, 0.25) is 0 Å². The lowest BCUT2D eigenvalue weighted by molar-refractivity contribution is -0.144. The lowest BCUT2D eigenvalue weighted by Crippen LogP contribution is -2.47. The van der Waals surface area contributed by atoms with Gasteiger partial charge in [-0.05, 0) is 61.2 Å². The summed E-state index contributed by atoms with van der Waals surface area (Å²) in [4.78, 5) is 27.5. The van der Waals surface area contributed by atoms with Gasteiger partial charge in [0.05, 0.1) is 0 Å². The Hall–Kier alpha value is -3.44. The van der Waals surface area contributed by atoms with Gasteiger partial charge in [-0.25, -0.2) is 0 Å². The number of amides is 1. The highest BCUT2D eigenvalue weighted by atomic mass is 16.5. The minimum Gasteiger partial charge on any atom is -0.458 e. The number of benzene rings is 2. The number of likely N-dealkylation sites (N-methyl/N-ethyl adjacent to an activating group) is 1. The molecular weight excluding hydrogens is 460 g/mol. The van der Waals surface area contributed by atoms with E-state index < -0.39 is 0 Å². The second kappa shape index (κ2) is 15.6. The first kappa shape index (κ1) is 29.8. The predicted octanol–water partition coefficient (Wildman–Crippen LogP) is 6.32. The normalized spacial score (nSPS) is 14.8. The van der Waals surface area contributed by atoms with Gasteiger partial charge in [0, 0.05) is 38.7 Å². The number of esters is 1. The third-order valence-corrected chi connectivity index (χ3v) is 6.32. The molecule has 0 N–H and O–H groups in total. The molecule has 2 aromatic carbocycles. The lowest BCUT2D eigenvalue weighted by Gasteiger charge is -2.32. The van der Waals surface area contributed by atoms with E-state index in [-0.39, 0.29) is 18.0 Å². The molecule has 1 aliphatic heterocycles. The molecule has 1 heterocycles. The van der Waals surface area contributed by atoms with Crippen molar-refractivity contribution in [3.8, 4) is 11.1 Å². The summed E-state index contributed by atoms with van der Waals surface area (Å²) in [5.74, 6) is -0.122. The fraction of sp³-hybridized carbons (Fsp3) is 0.375. The largest absolute Gasteiger partial charge is 0.458 e. The van der Waals surface area contributed by atoms with Crippen molar-refractivity contribution < 1.29 is 14.3 Å². The van der Waals surface area contributed by atoms with Gasteiger partial charge in [0.1, 0.15) is 6.10 Å². The molecule has 0 saturated carbocycles. The topological polar surface area (TPSA) is 49.9 Å². The maximum atomic E-state index is 12.5. The fourth-order valence-electron chi connectivity index (χ4n) is 3.95. The van der Waals surface area contributed by atoms with Gasteiger partial charge >= 0.3 is 5.97 Å². The molecule has 0 bridgehead atoms. The number of carbonyl (C=O) groups excluding carboxylic acids is 2. The Morgan fingerprint density at radius 2 is 1.51 bits per heavy atom. The van der Waals surface area contributed by atoms with Crippen LogP contribution in [0.15, 0.2) is 85.0 Å². The SMILES string of the molecule is C=C(/C=C\C=C/C)C(CC)OC(C)=O.CCc1ccc(-c2ccc(C(=O)N3CCN(C)CC3)cc2)cc1. The molecule has 1 saturated heterocycles. The van der Waals surface area contributed by atoms with Crippen LogP contribution in [0.3, 0.4) is 0 Å². The van der Waals surface area contributed by atoms with Crippen LogP contribution in [0.4, 0.5) is 0 Å². The van der Waals surface area contributed by atoms with Gasteiger partial charge < -0.3 is 14.5 Å². The average molecular weight is 503 g/mol. The van der Waals surface area contributed by atoms with Crippen LogP contribution in [-0.2, 0) is 16.0 Å². The minimum atomic E-state index is -0.266. The molecule has 1 aliphatic rings. The summed E-state index contributed by atoms with van der Waals surface area (Å²) >= 11 is 0. The zero-order valence-corrected chi connectivity index (χ0v) is 23.1. The van der Waals surface area contributed by atoms with Crippen molar-refractivity contribution in [2.45, 2.75) is 46.6 Å². The molecule has 37 heavy (non-hydrogen) atoms. The smallest absolute Gasteiger partial charge is 0.303 e. The lowest BCUT2D eigenvalue weighted by atomic mass is 10.0. The number of nitrogens with zero attached hydrogens (tertiary/aromatic N) is 2. The zero-order valence-electron chi connectivity index (χ0n) is 23.1. The van der Waals surface area contributed by atoms with Gasteiger partial charge in [0.2, 0.25) is 0 Å². The summed E-state index contributed by atoms with van der Waals surface area (Å²) in [6.07, 6.45) is 9.18. The maximum Gasteiger partial charge on any atom is 0.303 e. The Labute approximate surface area is 223 Å². The molecule has 1 unspecified atom stereocenters. The summed E-state index contributed by atoms with van der Waals surface area (Å²) in [6, 6.07) is 16.6. The number of carbonyl (C=O) groups is 2. The molecule has 5 nitrogen and oxygen atoms in total. The van der Waals surface area contributed by atoms with E-state index in [1.54, 1.807) is 0 Å². The van der Waals surface area contributed by atoms with Crippen molar-refractivity contribution in [2.24, 2.45) is 0 Å². The van der Waals surface area contributed by atoms with Crippen molar-refractivity contribution in [3.05, 3.63) is 96.1 Å². The van der Waals surface area contributed by atoms with Crippen molar-refractivity contribution in [1.82, 2.24) is 9.80 Å². The molecule has 1 fully saturated rings. The Kier molecular flexibility index (Phi) is 12.6. The molecule has 1 amide bonds. The summed E-state index contributed by atoms with van der Waals surface area (Å²) in [6.45, 7) is 14.9. The van der Waals surface area contributed by atoms with Crippen LogP contribution in [0, 0.1) is 0 Å². The minimum absolute atomic E-state index is 0.144. The predicted molar refractivity (Wildman–Crippen MR) is 154 cm³/mol. The van der Waals surface area contributed by atoms with Gasteiger partial charge in [0.25, 0.3) is 5.91 Å². The first-order valence-corrected chi connectivity index (χ1v) is 13.1. The molecule has 0 spiro atoms. The van der Waals surface area contributed by atoms with E-state index >= 15 is 0 Å². The standard InChI is InChI=1S/C20H24N2O.C12H18O2/c1-3-16-4-6-17(7-5-16)18-8-10-19(11-9-18)20(23)22-14-12-21(2)13-15-22;1-5-7-8-9-10(3)12(6-2)14-11(4)13/h4-11H,3,12-15H2,1-2H3;5,7-9,12H,3,6H2,1-2,4H3/b;7-5-,9-8-. The van der Waals surface area contributed by atoms with E-state index in [0.29, 0.717) is 0 Å². The molecule has 0 aliphatic carbocycles. The van der Waals surface area contributed by atoms with Gasteiger partial charge in [-0.2, -0.15) is 0 Å². The van der Waals surface area contributed by atoms with Crippen LogP contribution in [0.1, 0.15) is 50.0 Å². The van der Waals surface area contributed by atoms with E-state index in [4.69, 9.17) is 4.74 Å². The highest BCUT2D eigenvalue weighted by Gasteiger charge is 2.20. The van der Waals surface area contributed by atoms with E-state index in [1.807, 2.05) is 67.3 Å². The quantitative estimate of drug-likeness (QED) is 0.313. The van der Waals surface area contributed by atoms with Crippen LogP contribution < -0.4 is 0 Å². The number of aryl methyl sites for hydroxylation is 1.